The average molecular weight is 484 g/mol. The summed E-state index contributed by atoms with van der Waals surface area (Å²) in [7, 11) is 0. The molecular formula is C26H33N3O6. The van der Waals surface area contributed by atoms with Crippen molar-refractivity contribution in [3.63, 3.8) is 0 Å². The lowest BCUT2D eigenvalue weighted by atomic mass is 9.99. The van der Waals surface area contributed by atoms with Gasteiger partial charge in [-0.15, -0.1) is 0 Å². The molecule has 3 N–H and O–H groups in total. The van der Waals surface area contributed by atoms with Crippen molar-refractivity contribution in [2.45, 2.75) is 52.3 Å². The molecule has 0 aliphatic carbocycles. The largest absolute Gasteiger partial charge is 0.445 e. The Hall–Kier alpha value is -3.72. The minimum Gasteiger partial charge on any atom is -0.445 e. The number of ketones is 1. The Labute approximate surface area is 205 Å². The Morgan fingerprint density at radius 2 is 1.43 bits per heavy atom. The number of hydrogen-bond acceptors (Lipinski definition) is 6. The first-order chi connectivity index (χ1) is 16.8. The van der Waals surface area contributed by atoms with Gasteiger partial charge < -0.3 is 15.4 Å². The second kappa shape index (κ2) is 14.5. The summed E-state index contributed by atoms with van der Waals surface area (Å²) in [6.45, 7) is 5.70. The third kappa shape index (κ3) is 9.97. The van der Waals surface area contributed by atoms with Gasteiger partial charge in [-0.1, -0.05) is 74.5 Å². The van der Waals surface area contributed by atoms with Crippen molar-refractivity contribution in [3.8, 4) is 0 Å². The van der Waals surface area contributed by atoms with Crippen molar-refractivity contribution in [1.29, 1.82) is 0 Å². The second-order valence-corrected chi connectivity index (χ2v) is 8.37. The molecule has 188 valence electrons. The summed E-state index contributed by atoms with van der Waals surface area (Å²) in [4.78, 5) is 55.4. The predicted octanol–water partition coefficient (Wildman–Crippen LogP) is 2.69. The van der Waals surface area contributed by atoms with Crippen molar-refractivity contribution in [3.05, 3.63) is 71.8 Å². The third-order valence-electron chi connectivity index (χ3n) is 4.98. The fourth-order valence-electron chi connectivity index (χ4n) is 3.29. The maximum Gasteiger partial charge on any atom is 0.408 e. The summed E-state index contributed by atoms with van der Waals surface area (Å²) in [5.41, 5.74) is 3.63. The van der Waals surface area contributed by atoms with Gasteiger partial charge in [0.1, 0.15) is 18.7 Å². The van der Waals surface area contributed by atoms with Crippen LogP contribution < -0.4 is 16.1 Å². The Bertz CT molecular complexity index is 966. The zero-order valence-electron chi connectivity index (χ0n) is 20.3. The van der Waals surface area contributed by atoms with Crippen LogP contribution in [0.25, 0.3) is 0 Å². The smallest absolute Gasteiger partial charge is 0.408 e. The van der Waals surface area contributed by atoms with Crippen molar-refractivity contribution >= 4 is 23.7 Å². The van der Waals surface area contributed by atoms with E-state index in [0.717, 1.165) is 11.1 Å². The molecule has 2 rings (SSSR count). The first kappa shape index (κ1) is 27.5. The average Bonchev–Trinajstić information content (AvgIpc) is 2.85. The molecule has 0 aromatic heterocycles. The van der Waals surface area contributed by atoms with Crippen LogP contribution in [0.3, 0.4) is 0 Å². The van der Waals surface area contributed by atoms with Gasteiger partial charge in [0.05, 0.1) is 6.61 Å². The fourth-order valence-corrected chi connectivity index (χ4v) is 3.29. The van der Waals surface area contributed by atoms with Gasteiger partial charge in [0.15, 0.2) is 0 Å². The molecule has 35 heavy (non-hydrogen) atoms. The number of alkyl carbamates (subject to hydrolysis) is 1. The minimum atomic E-state index is -1.15. The van der Waals surface area contributed by atoms with Crippen molar-refractivity contribution < 1.29 is 28.8 Å². The SMILES string of the molecule is CCONC(=O)C(=O)C(Cc1ccccc1)NC(=O)C(CC(C)C)NC(=O)OCc1ccccc1. The second-order valence-electron chi connectivity index (χ2n) is 8.37. The highest BCUT2D eigenvalue weighted by Gasteiger charge is 2.31. The lowest BCUT2D eigenvalue weighted by Crippen LogP contribution is -2.54. The summed E-state index contributed by atoms with van der Waals surface area (Å²) in [6.07, 6.45) is -0.351. The summed E-state index contributed by atoms with van der Waals surface area (Å²) >= 11 is 0. The zero-order chi connectivity index (χ0) is 25.6. The molecule has 0 aliphatic rings. The lowest BCUT2D eigenvalue weighted by Gasteiger charge is -2.23. The van der Waals surface area contributed by atoms with Gasteiger partial charge in [-0.3, -0.25) is 19.2 Å². The molecule has 0 saturated carbocycles. The van der Waals surface area contributed by atoms with Gasteiger partial charge >= 0.3 is 12.0 Å². The maximum atomic E-state index is 13.1. The van der Waals surface area contributed by atoms with E-state index in [0.29, 0.717) is 6.42 Å². The first-order valence-electron chi connectivity index (χ1n) is 11.6. The van der Waals surface area contributed by atoms with Gasteiger partial charge in [0.25, 0.3) is 0 Å². The molecule has 2 aromatic rings. The van der Waals surface area contributed by atoms with E-state index in [-0.39, 0.29) is 25.6 Å². The van der Waals surface area contributed by atoms with Crippen LogP contribution in [0.15, 0.2) is 60.7 Å². The summed E-state index contributed by atoms with van der Waals surface area (Å²) in [5, 5.41) is 5.21. The van der Waals surface area contributed by atoms with Crippen molar-refractivity contribution in [2.24, 2.45) is 5.92 Å². The van der Waals surface area contributed by atoms with Gasteiger partial charge in [-0.2, -0.15) is 0 Å². The number of carbonyl (C=O) groups is 4. The van der Waals surface area contributed by atoms with Crippen LogP contribution in [-0.4, -0.2) is 42.4 Å². The van der Waals surface area contributed by atoms with E-state index in [2.05, 4.69) is 16.1 Å². The molecule has 0 aliphatic heterocycles. The van der Waals surface area contributed by atoms with Gasteiger partial charge in [0, 0.05) is 6.42 Å². The molecular weight excluding hydrogens is 450 g/mol. The highest BCUT2D eigenvalue weighted by Crippen LogP contribution is 2.09. The molecule has 0 fully saturated rings. The Balaban J connectivity index is 2.10. The van der Waals surface area contributed by atoms with Gasteiger partial charge in [-0.05, 0) is 30.4 Å². The number of hydrogen-bond donors (Lipinski definition) is 3. The first-order valence-corrected chi connectivity index (χ1v) is 11.6. The number of Topliss-reactive ketones (excluding diaryl/α,β-unsaturated/α-hetero) is 1. The van der Waals surface area contributed by atoms with Crippen LogP contribution in [0.1, 0.15) is 38.3 Å². The Morgan fingerprint density at radius 1 is 0.829 bits per heavy atom. The topological polar surface area (TPSA) is 123 Å². The van der Waals surface area contributed by atoms with E-state index >= 15 is 0 Å². The van der Waals surface area contributed by atoms with Crippen LogP contribution in [0, 0.1) is 5.92 Å². The van der Waals surface area contributed by atoms with E-state index in [1.54, 1.807) is 31.2 Å². The number of ether oxygens (including phenoxy) is 1. The summed E-state index contributed by atoms with van der Waals surface area (Å²) in [5.74, 6) is -2.35. The normalized spacial score (nSPS) is 12.3. The van der Waals surface area contributed by atoms with E-state index < -0.39 is 35.8 Å². The molecule has 2 atom stereocenters. The number of amides is 3. The monoisotopic (exact) mass is 483 g/mol. The fraction of sp³-hybridized carbons (Fsp3) is 0.385. The molecule has 2 unspecified atom stereocenters. The number of hydroxylamine groups is 1. The predicted molar refractivity (Wildman–Crippen MR) is 130 cm³/mol. The molecule has 0 heterocycles. The van der Waals surface area contributed by atoms with Crippen molar-refractivity contribution in [1.82, 2.24) is 16.1 Å². The number of benzene rings is 2. The Kier molecular flexibility index (Phi) is 11.4. The van der Waals surface area contributed by atoms with Gasteiger partial charge in [0.2, 0.25) is 11.7 Å². The van der Waals surface area contributed by atoms with Crippen LogP contribution in [-0.2, 0) is 37.0 Å². The van der Waals surface area contributed by atoms with Gasteiger partial charge in [-0.25, -0.2) is 10.3 Å². The van der Waals surface area contributed by atoms with Crippen LogP contribution in [0.2, 0.25) is 0 Å². The third-order valence-corrected chi connectivity index (χ3v) is 4.98. The van der Waals surface area contributed by atoms with Crippen molar-refractivity contribution in [2.75, 3.05) is 6.61 Å². The minimum absolute atomic E-state index is 0.0510. The Morgan fingerprint density at radius 3 is 2.00 bits per heavy atom. The molecule has 3 amide bonds. The zero-order valence-corrected chi connectivity index (χ0v) is 20.3. The van der Waals surface area contributed by atoms with E-state index in [9.17, 15) is 19.2 Å². The standard InChI is InChI=1S/C26H33N3O6/c1-4-35-29-25(32)23(30)21(16-19-11-7-5-8-12-19)27-24(31)22(15-18(2)3)28-26(33)34-17-20-13-9-6-10-14-20/h5-14,18,21-22H,4,15-17H2,1-3H3,(H,27,31)(H,28,33)(H,29,32). The number of nitrogens with one attached hydrogen (secondary N) is 3. The van der Waals surface area contributed by atoms with E-state index in [1.807, 2.05) is 50.2 Å². The van der Waals surface area contributed by atoms with E-state index in [1.165, 1.54) is 0 Å². The number of carbonyl (C=O) groups excluding carboxylic acids is 4. The maximum absolute atomic E-state index is 13.1. The number of rotatable bonds is 13. The molecule has 0 bridgehead atoms. The summed E-state index contributed by atoms with van der Waals surface area (Å²) in [6, 6.07) is 16.0. The van der Waals surface area contributed by atoms with Crippen LogP contribution in [0.4, 0.5) is 4.79 Å². The highest BCUT2D eigenvalue weighted by molar-refractivity contribution is 6.38. The molecule has 0 spiro atoms. The molecule has 9 heteroatoms. The van der Waals surface area contributed by atoms with Crippen LogP contribution >= 0.6 is 0 Å². The van der Waals surface area contributed by atoms with Crippen LogP contribution in [0.5, 0.6) is 0 Å². The lowest BCUT2D eigenvalue weighted by molar-refractivity contribution is -0.147. The van der Waals surface area contributed by atoms with E-state index in [4.69, 9.17) is 9.57 Å². The molecule has 0 radical (unpaired) electrons. The quantitative estimate of drug-likeness (QED) is 0.297. The highest BCUT2D eigenvalue weighted by atomic mass is 16.6. The molecule has 2 aromatic carbocycles. The summed E-state index contributed by atoms with van der Waals surface area (Å²) < 4.78 is 5.24. The molecule has 9 nitrogen and oxygen atoms in total. The molecule has 0 saturated heterocycles.